The summed E-state index contributed by atoms with van der Waals surface area (Å²) in [6.07, 6.45) is 0. The van der Waals surface area contributed by atoms with Gasteiger partial charge in [-0.15, -0.1) is 0 Å². The second-order valence-electron chi connectivity index (χ2n) is 3.95. The minimum atomic E-state index is -3.44. The highest BCUT2D eigenvalue weighted by Crippen LogP contribution is 2.24. The lowest BCUT2D eigenvalue weighted by Gasteiger charge is -2.25. The van der Waals surface area contributed by atoms with E-state index in [1.807, 2.05) is 24.3 Å². The van der Waals surface area contributed by atoms with Crippen LogP contribution in [-0.2, 0) is 15.6 Å². The predicted molar refractivity (Wildman–Crippen MR) is 69.4 cm³/mol. The summed E-state index contributed by atoms with van der Waals surface area (Å²) in [6, 6.07) is 7.51. The van der Waals surface area contributed by atoms with Crippen LogP contribution in [0.4, 0.5) is 0 Å². The number of nitrogens with one attached hydrogen (secondary N) is 1. The number of hydrogen-bond acceptors (Lipinski definition) is 2. The molecule has 0 spiro atoms. The topological polar surface area (TPSA) is 46.2 Å². The Labute approximate surface area is 105 Å². The maximum absolute atomic E-state index is 11.4. The summed E-state index contributed by atoms with van der Waals surface area (Å²) in [4.78, 5) is 0. The van der Waals surface area contributed by atoms with Crippen LogP contribution in [0.15, 0.2) is 40.7 Å². The van der Waals surface area contributed by atoms with E-state index in [0.717, 1.165) is 15.4 Å². The van der Waals surface area contributed by atoms with Gasteiger partial charge in [0.05, 0.1) is 5.54 Å². The van der Waals surface area contributed by atoms with E-state index >= 15 is 0 Å². The molecule has 1 aromatic rings. The molecular weight excluding hydrogens is 290 g/mol. The van der Waals surface area contributed by atoms with Crippen LogP contribution < -0.4 is 4.72 Å². The van der Waals surface area contributed by atoms with E-state index in [1.54, 1.807) is 13.8 Å². The molecule has 0 aliphatic carbocycles. The summed E-state index contributed by atoms with van der Waals surface area (Å²) >= 11 is 3.35. The van der Waals surface area contributed by atoms with Crippen molar-refractivity contribution in [2.45, 2.75) is 19.4 Å². The molecule has 0 aromatic heterocycles. The van der Waals surface area contributed by atoms with Crippen molar-refractivity contribution in [3.8, 4) is 0 Å². The zero-order chi connectivity index (χ0) is 12.4. The van der Waals surface area contributed by atoms with Crippen molar-refractivity contribution < 1.29 is 8.42 Å². The summed E-state index contributed by atoms with van der Waals surface area (Å²) in [6.45, 7) is 6.87. The first-order valence-corrected chi connectivity index (χ1v) is 7.03. The highest BCUT2D eigenvalue weighted by atomic mass is 79.9. The van der Waals surface area contributed by atoms with Crippen molar-refractivity contribution in [3.63, 3.8) is 0 Å². The van der Waals surface area contributed by atoms with Crippen molar-refractivity contribution >= 4 is 26.0 Å². The number of halogens is 1. The molecule has 5 heteroatoms. The molecule has 16 heavy (non-hydrogen) atoms. The molecular formula is C11H14BrNO2S. The monoisotopic (exact) mass is 303 g/mol. The van der Waals surface area contributed by atoms with Gasteiger partial charge in [-0.3, -0.25) is 0 Å². The molecule has 0 amide bonds. The second kappa shape index (κ2) is 4.69. The Balaban J connectivity index is 3.07. The van der Waals surface area contributed by atoms with Gasteiger partial charge in [0.25, 0.3) is 0 Å². The van der Waals surface area contributed by atoms with Gasteiger partial charge in [0.15, 0.2) is 0 Å². The average Bonchev–Trinajstić information content (AvgIpc) is 2.16. The van der Waals surface area contributed by atoms with Crippen LogP contribution in [-0.4, -0.2) is 8.42 Å². The molecule has 0 saturated heterocycles. The first-order chi connectivity index (χ1) is 7.27. The molecule has 0 bridgehead atoms. The zero-order valence-corrected chi connectivity index (χ0v) is 11.6. The SMILES string of the molecule is C=CS(=O)(=O)NC(C)(C)c1cccc(Br)c1. The van der Waals surface area contributed by atoms with Gasteiger partial charge in [-0.25, -0.2) is 13.1 Å². The van der Waals surface area contributed by atoms with Gasteiger partial charge in [0.1, 0.15) is 0 Å². The van der Waals surface area contributed by atoms with Crippen LogP contribution in [0.2, 0.25) is 0 Å². The summed E-state index contributed by atoms with van der Waals surface area (Å²) in [5.41, 5.74) is 0.212. The smallest absolute Gasteiger partial charge is 0.208 e. The Kier molecular flexibility index (Phi) is 3.93. The van der Waals surface area contributed by atoms with E-state index in [2.05, 4.69) is 27.2 Å². The minimum Gasteiger partial charge on any atom is -0.208 e. The molecule has 0 atom stereocenters. The van der Waals surface area contributed by atoms with E-state index in [4.69, 9.17) is 0 Å². The third-order valence-corrected chi connectivity index (χ3v) is 3.89. The Bertz CT molecular complexity index is 494. The van der Waals surface area contributed by atoms with Gasteiger partial charge in [0, 0.05) is 9.88 Å². The summed E-state index contributed by atoms with van der Waals surface area (Å²) < 4.78 is 26.3. The Morgan fingerprint density at radius 1 is 1.44 bits per heavy atom. The van der Waals surface area contributed by atoms with E-state index in [-0.39, 0.29) is 0 Å². The zero-order valence-electron chi connectivity index (χ0n) is 9.20. The van der Waals surface area contributed by atoms with Crippen molar-refractivity contribution in [2.75, 3.05) is 0 Å². The maximum Gasteiger partial charge on any atom is 0.233 e. The normalized spacial score (nSPS) is 12.4. The van der Waals surface area contributed by atoms with Gasteiger partial charge in [-0.1, -0.05) is 34.6 Å². The van der Waals surface area contributed by atoms with Crippen LogP contribution >= 0.6 is 15.9 Å². The molecule has 0 aliphatic heterocycles. The fraction of sp³-hybridized carbons (Fsp3) is 0.273. The fourth-order valence-electron chi connectivity index (χ4n) is 1.33. The fourth-order valence-corrected chi connectivity index (χ4v) is 2.65. The van der Waals surface area contributed by atoms with Crippen molar-refractivity contribution in [1.29, 1.82) is 0 Å². The Morgan fingerprint density at radius 3 is 2.56 bits per heavy atom. The standard InChI is InChI=1S/C11H14BrNO2S/c1-4-16(14,15)13-11(2,3)9-6-5-7-10(12)8-9/h4-8,13H,1H2,2-3H3. The van der Waals surface area contributed by atoms with Gasteiger partial charge in [-0.2, -0.15) is 0 Å². The first kappa shape index (κ1) is 13.4. The van der Waals surface area contributed by atoms with Gasteiger partial charge < -0.3 is 0 Å². The second-order valence-corrected chi connectivity index (χ2v) is 6.49. The largest absolute Gasteiger partial charge is 0.233 e. The van der Waals surface area contributed by atoms with Gasteiger partial charge in [-0.05, 0) is 31.5 Å². The molecule has 0 radical (unpaired) electrons. The molecule has 1 rings (SSSR count). The molecule has 3 nitrogen and oxygen atoms in total. The number of rotatable bonds is 4. The van der Waals surface area contributed by atoms with E-state index in [0.29, 0.717) is 0 Å². The van der Waals surface area contributed by atoms with Crippen molar-refractivity contribution in [3.05, 3.63) is 46.3 Å². The van der Waals surface area contributed by atoms with E-state index in [1.165, 1.54) is 0 Å². The lowest BCUT2D eigenvalue weighted by Crippen LogP contribution is -2.39. The number of hydrogen-bond donors (Lipinski definition) is 1. The maximum atomic E-state index is 11.4. The Morgan fingerprint density at radius 2 is 2.06 bits per heavy atom. The number of sulfonamides is 1. The highest BCUT2D eigenvalue weighted by Gasteiger charge is 2.25. The highest BCUT2D eigenvalue weighted by molar-refractivity contribution is 9.10. The van der Waals surface area contributed by atoms with Crippen LogP contribution in [0.1, 0.15) is 19.4 Å². The molecule has 0 saturated carbocycles. The summed E-state index contributed by atoms with van der Waals surface area (Å²) in [7, 11) is -3.44. The summed E-state index contributed by atoms with van der Waals surface area (Å²) in [5, 5.41) is 0.909. The van der Waals surface area contributed by atoms with Crippen LogP contribution in [0, 0.1) is 0 Å². The predicted octanol–water partition coefficient (Wildman–Crippen LogP) is 2.75. The molecule has 0 heterocycles. The molecule has 1 N–H and O–H groups in total. The van der Waals surface area contributed by atoms with E-state index < -0.39 is 15.6 Å². The lowest BCUT2D eigenvalue weighted by molar-refractivity contribution is 0.476. The van der Waals surface area contributed by atoms with E-state index in [9.17, 15) is 8.42 Å². The van der Waals surface area contributed by atoms with Crippen LogP contribution in [0.25, 0.3) is 0 Å². The molecule has 0 fully saturated rings. The van der Waals surface area contributed by atoms with Gasteiger partial charge in [0.2, 0.25) is 10.0 Å². The van der Waals surface area contributed by atoms with Crippen molar-refractivity contribution in [1.82, 2.24) is 4.72 Å². The first-order valence-electron chi connectivity index (χ1n) is 4.69. The summed E-state index contributed by atoms with van der Waals surface area (Å²) in [5.74, 6) is 0. The third-order valence-electron chi connectivity index (χ3n) is 2.16. The molecule has 1 aromatic carbocycles. The van der Waals surface area contributed by atoms with Gasteiger partial charge >= 0.3 is 0 Å². The quantitative estimate of drug-likeness (QED) is 0.929. The van der Waals surface area contributed by atoms with Crippen LogP contribution in [0.3, 0.4) is 0 Å². The number of benzene rings is 1. The van der Waals surface area contributed by atoms with Crippen molar-refractivity contribution in [2.24, 2.45) is 0 Å². The Hall–Kier alpha value is -0.650. The molecule has 88 valence electrons. The molecule has 0 aliphatic rings. The lowest BCUT2D eigenvalue weighted by atomic mass is 9.96. The minimum absolute atomic E-state index is 0.670. The molecule has 0 unspecified atom stereocenters. The average molecular weight is 304 g/mol. The third kappa shape index (κ3) is 3.43. The van der Waals surface area contributed by atoms with Crippen LogP contribution in [0.5, 0.6) is 0 Å².